The first kappa shape index (κ1) is 11.9. The van der Waals surface area contributed by atoms with Crippen molar-refractivity contribution in [1.82, 2.24) is 4.90 Å². The molecule has 0 fully saturated rings. The van der Waals surface area contributed by atoms with Crippen LogP contribution in [0.2, 0.25) is 0 Å². The second-order valence-electron chi connectivity index (χ2n) is 2.99. The lowest BCUT2D eigenvalue weighted by Crippen LogP contribution is -2.30. The number of allylic oxidation sites excluding steroid dienone is 1. The third-order valence-corrected chi connectivity index (χ3v) is 1.63. The predicted molar refractivity (Wildman–Crippen MR) is 53.2 cm³/mol. The van der Waals surface area contributed by atoms with Crippen molar-refractivity contribution in [3.05, 3.63) is 24.3 Å². The largest absolute Gasteiger partial charge is 0.443 e. The molecular formula is C10H17NO2. The molecule has 1 unspecified atom stereocenters. The molecule has 1 atom stereocenters. The fourth-order valence-electron chi connectivity index (χ4n) is 0.605. The van der Waals surface area contributed by atoms with Crippen LogP contribution in [0.3, 0.4) is 0 Å². The molecule has 0 rings (SSSR count). The van der Waals surface area contributed by atoms with Crippen molar-refractivity contribution in [2.75, 3.05) is 14.1 Å². The van der Waals surface area contributed by atoms with Crippen LogP contribution in [0.4, 0.5) is 0 Å². The molecule has 0 N–H and O–H groups in total. The maximum absolute atomic E-state index is 11.2. The van der Waals surface area contributed by atoms with Gasteiger partial charge in [0, 0.05) is 0 Å². The van der Waals surface area contributed by atoms with E-state index in [1.165, 1.54) is 0 Å². The molecule has 0 aliphatic rings. The van der Waals surface area contributed by atoms with E-state index in [1.54, 1.807) is 24.0 Å². The van der Waals surface area contributed by atoms with Crippen molar-refractivity contribution >= 4 is 5.97 Å². The first-order valence-electron chi connectivity index (χ1n) is 4.18. The van der Waals surface area contributed by atoms with Gasteiger partial charge in [-0.05, 0) is 27.9 Å². The number of hydrogen-bond donors (Lipinski definition) is 0. The van der Waals surface area contributed by atoms with Gasteiger partial charge >= 0.3 is 5.97 Å². The highest BCUT2D eigenvalue weighted by molar-refractivity contribution is 5.90. The van der Waals surface area contributed by atoms with E-state index < -0.39 is 0 Å². The zero-order valence-corrected chi connectivity index (χ0v) is 8.70. The number of esters is 1. The van der Waals surface area contributed by atoms with Gasteiger partial charge in [0.2, 0.25) is 0 Å². The Bertz CT molecular complexity index is 219. The van der Waals surface area contributed by atoms with Gasteiger partial charge in [0.1, 0.15) is 0 Å². The Morgan fingerprint density at radius 3 is 2.46 bits per heavy atom. The van der Waals surface area contributed by atoms with Crippen LogP contribution in [-0.2, 0) is 9.53 Å². The monoisotopic (exact) mass is 183 g/mol. The summed E-state index contributed by atoms with van der Waals surface area (Å²) in [6.45, 7) is 7.21. The molecule has 13 heavy (non-hydrogen) atoms. The summed E-state index contributed by atoms with van der Waals surface area (Å²) in [6.07, 6.45) is 3.16. The zero-order chi connectivity index (χ0) is 10.4. The Morgan fingerprint density at radius 2 is 2.08 bits per heavy atom. The number of rotatable bonds is 4. The predicted octanol–water partition coefficient (Wildman–Crippen LogP) is 1.57. The van der Waals surface area contributed by atoms with Crippen molar-refractivity contribution in [2.24, 2.45) is 0 Å². The molecule has 0 heterocycles. The molecule has 3 nitrogen and oxygen atoms in total. The Balaban J connectivity index is 4.08. The van der Waals surface area contributed by atoms with Crippen molar-refractivity contribution < 1.29 is 9.53 Å². The fraction of sp³-hybridized carbons (Fsp3) is 0.500. The van der Waals surface area contributed by atoms with Gasteiger partial charge < -0.3 is 4.74 Å². The van der Waals surface area contributed by atoms with Crippen molar-refractivity contribution in [3.63, 3.8) is 0 Å². The smallest absolute Gasteiger partial charge is 0.339 e. The molecule has 3 heteroatoms. The molecule has 0 amide bonds. The number of hydrogen-bond acceptors (Lipinski definition) is 3. The van der Waals surface area contributed by atoms with Gasteiger partial charge in [0.05, 0.1) is 5.57 Å². The molecule has 0 radical (unpaired) electrons. The van der Waals surface area contributed by atoms with Crippen LogP contribution in [0.1, 0.15) is 13.8 Å². The van der Waals surface area contributed by atoms with Gasteiger partial charge in [-0.3, -0.25) is 4.90 Å². The maximum Gasteiger partial charge on any atom is 0.339 e. The van der Waals surface area contributed by atoms with Crippen LogP contribution in [0, 0.1) is 0 Å². The van der Waals surface area contributed by atoms with Gasteiger partial charge in [-0.1, -0.05) is 18.7 Å². The first-order chi connectivity index (χ1) is 5.99. The summed E-state index contributed by atoms with van der Waals surface area (Å²) in [5.74, 6) is -0.376. The van der Waals surface area contributed by atoms with Crippen LogP contribution in [-0.4, -0.2) is 31.2 Å². The molecule has 0 bridgehead atoms. The lowest BCUT2D eigenvalue weighted by molar-refractivity contribution is -0.150. The van der Waals surface area contributed by atoms with Crippen molar-refractivity contribution in [1.29, 1.82) is 0 Å². The summed E-state index contributed by atoms with van der Waals surface area (Å²) < 4.78 is 5.06. The number of carbonyl (C=O) groups is 1. The van der Waals surface area contributed by atoms with Crippen LogP contribution in [0.15, 0.2) is 24.3 Å². The van der Waals surface area contributed by atoms with E-state index in [-0.39, 0.29) is 12.2 Å². The molecule has 0 aromatic rings. The average Bonchev–Trinajstić information content (AvgIpc) is 2.04. The second-order valence-corrected chi connectivity index (χ2v) is 2.99. The standard InChI is InChI=1S/C10H17NO2/c1-6-7-8(2)10(12)13-9(3)11(4)5/h6-7,9H,2H2,1,3-5H3/b7-6+. The highest BCUT2D eigenvalue weighted by atomic mass is 16.6. The second kappa shape index (κ2) is 5.54. The van der Waals surface area contributed by atoms with E-state index in [4.69, 9.17) is 4.74 Å². The SMILES string of the molecule is C=C(/C=C/C)C(=O)OC(C)N(C)C. The van der Waals surface area contributed by atoms with Gasteiger partial charge in [-0.15, -0.1) is 0 Å². The molecule has 0 saturated heterocycles. The Morgan fingerprint density at radius 1 is 1.54 bits per heavy atom. The summed E-state index contributed by atoms with van der Waals surface area (Å²) >= 11 is 0. The molecule has 0 spiro atoms. The van der Waals surface area contributed by atoms with E-state index in [1.807, 2.05) is 21.0 Å². The zero-order valence-electron chi connectivity index (χ0n) is 8.70. The summed E-state index contributed by atoms with van der Waals surface area (Å²) in [6, 6.07) is 0. The lowest BCUT2D eigenvalue weighted by atomic mass is 10.3. The number of carbonyl (C=O) groups excluding carboxylic acids is 1. The van der Waals surface area contributed by atoms with Crippen LogP contribution in [0.5, 0.6) is 0 Å². The molecular weight excluding hydrogens is 166 g/mol. The molecule has 0 saturated carbocycles. The lowest BCUT2D eigenvalue weighted by Gasteiger charge is -2.19. The molecule has 74 valence electrons. The van der Waals surface area contributed by atoms with Crippen LogP contribution in [0.25, 0.3) is 0 Å². The van der Waals surface area contributed by atoms with E-state index in [0.29, 0.717) is 5.57 Å². The Labute approximate surface area is 79.7 Å². The number of nitrogens with zero attached hydrogens (tertiary/aromatic N) is 1. The van der Waals surface area contributed by atoms with Gasteiger partial charge in [0.25, 0.3) is 0 Å². The third kappa shape index (κ3) is 4.48. The van der Waals surface area contributed by atoms with Gasteiger partial charge in [-0.25, -0.2) is 4.79 Å². The number of ether oxygens (including phenoxy) is 1. The summed E-state index contributed by atoms with van der Waals surface area (Å²) in [5.41, 5.74) is 0.371. The molecule has 0 aromatic heterocycles. The van der Waals surface area contributed by atoms with Crippen LogP contribution >= 0.6 is 0 Å². The fourth-order valence-corrected chi connectivity index (χ4v) is 0.605. The normalized spacial score (nSPS) is 13.3. The minimum atomic E-state index is -0.376. The molecule has 0 aliphatic carbocycles. The quantitative estimate of drug-likeness (QED) is 0.287. The molecule has 0 aliphatic heterocycles. The minimum Gasteiger partial charge on any atom is -0.443 e. The first-order valence-corrected chi connectivity index (χ1v) is 4.18. The average molecular weight is 183 g/mol. The van der Waals surface area contributed by atoms with E-state index >= 15 is 0 Å². The summed E-state index contributed by atoms with van der Waals surface area (Å²) in [5, 5.41) is 0. The van der Waals surface area contributed by atoms with E-state index in [9.17, 15) is 4.79 Å². The van der Waals surface area contributed by atoms with Crippen molar-refractivity contribution in [3.8, 4) is 0 Å². The molecule has 0 aromatic carbocycles. The van der Waals surface area contributed by atoms with E-state index in [2.05, 4.69) is 6.58 Å². The maximum atomic E-state index is 11.2. The van der Waals surface area contributed by atoms with Crippen LogP contribution < -0.4 is 0 Å². The minimum absolute atomic E-state index is 0.227. The highest BCUT2D eigenvalue weighted by Gasteiger charge is 2.11. The topological polar surface area (TPSA) is 29.5 Å². The van der Waals surface area contributed by atoms with Gasteiger partial charge in [-0.2, -0.15) is 0 Å². The summed E-state index contributed by atoms with van der Waals surface area (Å²) in [7, 11) is 3.69. The summed E-state index contributed by atoms with van der Waals surface area (Å²) in [4.78, 5) is 13.1. The van der Waals surface area contributed by atoms with Gasteiger partial charge in [0.15, 0.2) is 6.23 Å². The van der Waals surface area contributed by atoms with Crippen molar-refractivity contribution in [2.45, 2.75) is 20.1 Å². The highest BCUT2D eigenvalue weighted by Crippen LogP contribution is 2.02. The Kier molecular flexibility index (Phi) is 5.07. The Hall–Kier alpha value is -1.09. The third-order valence-electron chi connectivity index (χ3n) is 1.63. The van der Waals surface area contributed by atoms with E-state index in [0.717, 1.165) is 0 Å².